The highest BCUT2D eigenvalue weighted by molar-refractivity contribution is 5.70. The summed E-state index contributed by atoms with van der Waals surface area (Å²) < 4.78 is 7.68. The average molecular weight is 543 g/mol. The second-order valence-electron chi connectivity index (χ2n) is 10.8. The third-order valence-corrected chi connectivity index (χ3v) is 8.51. The van der Waals surface area contributed by atoms with Gasteiger partial charge in [-0.25, -0.2) is 4.98 Å². The van der Waals surface area contributed by atoms with Gasteiger partial charge in [0.1, 0.15) is 12.3 Å². The fraction of sp³-hybridized carbons (Fsp3) is 0.250. The van der Waals surface area contributed by atoms with E-state index in [9.17, 15) is 0 Å². The van der Waals surface area contributed by atoms with Gasteiger partial charge in [-0.05, 0) is 48.6 Å². The zero-order valence-electron chi connectivity index (χ0n) is 23.9. The number of piperidine rings is 1. The summed E-state index contributed by atoms with van der Waals surface area (Å²) in [5.74, 6) is 0.409. The highest BCUT2D eigenvalue weighted by Gasteiger charge is 2.40. The highest BCUT2D eigenvalue weighted by Crippen LogP contribution is 2.43. The first-order valence-corrected chi connectivity index (χ1v) is 14.5. The maximum absolute atomic E-state index is 5.26. The molecular formula is C36H38N4O. The molecule has 6 rings (SSSR count). The van der Waals surface area contributed by atoms with Crippen LogP contribution in [-0.2, 0) is 10.3 Å². The number of nitrogens with zero attached hydrogens (tertiary/aromatic N) is 3. The summed E-state index contributed by atoms with van der Waals surface area (Å²) >= 11 is 0. The van der Waals surface area contributed by atoms with E-state index in [0.29, 0.717) is 12.6 Å². The van der Waals surface area contributed by atoms with Crippen molar-refractivity contribution in [1.82, 2.24) is 9.55 Å². The van der Waals surface area contributed by atoms with Crippen LogP contribution in [0.1, 0.15) is 46.8 Å². The number of aromatic nitrogens is 2. The minimum atomic E-state index is -0.536. The highest BCUT2D eigenvalue weighted by atomic mass is 16.5. The van der Waals surface area contributed by atoms with Gasteiger partial charge in [-0.3, -0.25) is 0 Å². The lowest BCUT2D eigenvalue weighted by Crippen LogP contribution is -2.38. The van der Waals surface area contributed by atoms with Crippen molar-refractivity contribution in [1.29, 1.82) is 0 Å². The molecule has 4 aromatic carbocycles. The Balaban J connectivity index is 1.37. The van der Waals surface area contributed by atoms with Gasteiger partial charge in [-0.15, -0.1) is 0 Å². The molecule has 5 heteroatoms. The number of nitrogens with one attached hydrogen (secondary N) is 1. The molecule has 1 aromatic heterocycles. The molecule has 1 N–H and O–H groups in total. The summed E-state index contributed by atoms with van der Waals surface area (Å²) in [6.07, 6.45) is 4.20. The van der Waals surface area contributed by atoms with Crippen LogP contribution in [0.4, 0.5) is 11.4 Å². The van der Waals surface area contributed by atoms with E-state index in [1.54, 1.807) is 7.11 Å². The molecule has 0 radical (unpaired) electrons. The van der Waals surface area contributed by atoms with Gasteiger partial charge in [0.05, 0.1) is 23.4 Å². The summed E-state index contributed by atoms with van der Waals surface area (Å²) in [7, 11) is 1.71. The van der Waals surface area contributed by atoms with E-state index < -0.39 is 5.54 Å². The molecule has 1 aliphatic heterocycles. The smallest absolute Gasteiger partial charge is 0.121 e. The molecule has 5 aromatic rings. The number of anilines is 2. The lowest BCUT2D eigenvalue weighted by molar-refractivity contribution is 0.221. The summed E-state index contributed by atoms with van der Waals surface area (Å²) in [4.78, 5) is 7.64. The fourth-order valence-electron chi connectivity index (χ4n) is 6.56. The standard InChI is InChI=1S/C36H38N4O/c1-28-35(29-22-24-39(25-23-29)34-21-13-12-20-33(34)38-27-41-2)37-26-40(28)36(30-14-6-3-7-15-30,31-16-8-4-9-17-31)32-18-10-5-11-19-32/h3-21,26,29,38H,22-25,27H2,1-2H3. The van der Waals surface area contributed by atoms with Crippen molar-refractivity contribution < 1.29 is 4.74 Å². The van der Waals surface area contributed by atoms with Crippen molar-refractivity contribution in [3.05, 3.63) is 150 Å². The van der Waals surface area contributed by atoms with Crippen molar-refractivity contribution in [2.75, 3.05) is 37.1 Å². The van der Waals surface area contributed by atoms with E-state index >= 15 is 0 Å². The van der Waals surface area contributed by atoms with Crippen LogP contribution >= 0.6 is 0 Å². The number of benzene rings is 4. The molecule has 0 unspecified atom stereocenters. The monoisotopic (exact) mass is 542 g/mol. The van der Waals surface area contributed by atoms with Gasteiger partial charge in [0, 0.05) is 31.8 Å². The van der Waals surface area contributed by atoms with Crippen molar-refractivity contribution in [3.8, 4) is 0 Å². The van der Waals surface area contributed by atoms with Gasteiger partial charge >= 0.3 is 0 Å². The Hall–Kier alpha value is -4.35. The predicted octanol–water partition coefficient (Wildman–Crippen LogP) is 7.43. The molecule has 0 spiro atoms. The molecule has 0 saturated carbocycles. The molecule has 208 valence electrons. The zero-order valence-corrected chi connectivity index (χ0v) is 23.9. The topological polar surface area (TPSA) is 42.3 Å². The molecular weight excluding hydrogens is 504 g/mol. The van der Waals surface area contributed by atoms with Crippen LogP contribution in [0.3, 0.4) is 0 Å². The van der Waals surface area contributed by atoms with Crippen molar-refractivity contribution in [2.45, 2.75) is 31.2 Å². The van der Waals surface area contributed by atoms with Crippen molar-refractivity contribution >= 4 is 11.4 Å². The van der Waals surface area contributed by atoms with Crippen molar-refractivity contribution in [3.63, 3.8) is 0 Å². The lowest BCUT2D eigenvalue weighted by atomic mass is 9.76. The molecule has 1 saturated heterocycles. The number of imidazole rings is 1. The first-order valence-electron chi connectivity index (χ1n) is 14.5. The molecule has 0 atom stereocenters. The molecule has 5 nitrogen and oxygen atoms in total. The average Bonchev–Trinajstić information content (AvgIpc) is 3.43. The number of rotatable bonds is 9. The quantitative estimate of drug-likeness (QED) is 0.155. The third kappa shape index (κ3) is 5.02. The maximum Gasteiger partial charge on any atom is 0.121 e. The second-order valence-corrected chi connectivity index (χ2v) is 10.8. The summed E-state index contributed by atoms with van der Waals surface area (Å²) in [6, 6.07) is 41.1. The van der Waals surface area contributed by atoms with E-state index in [0.717, 1.165) is 31.6 Å². The zero-order chi connectivity index (χ0) is 28.1. The largest absolute Gasteiger partial charge is 0.370 e. The van der Waals surface area contributed by atoms with Gasteiger partial charge in [-0.2, -0.15) is 0 Å². The van der Waals surface area contributed by atoms with Crippen LogP contribution in [0.2, 0.25) is 0 Å². The maximum atomic E-state index is 5.26. The Morgan fingerprint density at radius 3 is 1.80 bits per heavy atom. The molecule has 1 fully saturated rings. The van der Waals surface area contributed by atoms with E-state index in [2.05, 4.69) is 143 Å². The number of hydrogen-bond acceptors (Lipinski definition) is 4. The lowest BCUT2D eigenvalue weighted by Gasteiger charge is -2.39. The van der Waals surface area contributed by atoms with E-state index in [4.69, 9.17) is 9.72 Å². The van der Waals surface area contributed by atoms with Crippen LogP contribution in [0.5, 0.6) is 0 Å². The van der Waals surface area contributed by atoms with E-state index in [1.165, 1.54) is 33.8 Å². The van der Waals surface area contributed by atoms with Crippen LogP contribution in [-0.4, -0.2) is 36.5 Å². The molecule has 0 bridgehead atoms. The first-order chi connectivity index (χ1) is 20.2. The summed E-state index contributed by atoms with van der Waals surface area (Å²) in [5, 5.41) is 3.40. The fourth-order valence-corrected chi connectivity index (χ4v) is 6.56. The van der Waals surface area contributed by atoms with Crippen LogP contribution < -0.4 is 10.2 Å². The Morgan fingerprint density at radius 2 is 1.27 bits per heavy atom. The predicted molar refractivity (Wildman–Crippen MR) is 168 cm³/mol. The molecule has 41 heavy (non-hydrogen) atoms. The minimum absolute atomic E-state index is 0.409. The number of ether oxygens (including phenoxy) is 1. The van der Waals surface area contributed by atoms with Gasteiger partial charge in [0.2, 0.25) is 0 Å². The Labute approximate surface area is 243 Å². The van der Waals surface area contributed by atoms with E-state index in [1.807, 2.05) is 0 Å². The van der Waals surface area contributed by atoms with Gasteiger partial charge in [0.25, 0.3) is 0 Å². The Bertz CT molecular complexity index is 1440. The van der Waals surface area contributed by atoms with Crippen LogP contribution in [0.25, 0.3) is 0 Å². The van der Waals surface area contributed by atoms with Crippen LogP contribution in [0, 0.1) is 6.92 Å². The summed E-state index contributed by atoms with van der Waals surface area (Å²) in [6.45, 7) is 4.73. The van der Waals surface area contributed by atoms with E-state index in [-0.39, 0.29) is 0 Å². The number of hydrogen-bond donors (Lipinski definition) is 1. The SMILES string of the molecule is COCNc1ccccc1N1CCC(c2ncn(C(c3ccccc3)(c3ccccc3)c3ccccc3)c2C)CC1. The molecule has 2 heterocycles. The number of para-hydroxylation sites is 2. The number of methoxy groups -OCH3 is 1. The van der Waals surface area contributed by atoms with Gasteiger partial charge < -0.3 is 19.5 Å². The normalized spacial score (nSPS) is 14.2. The van der Waals surface area contributed by atoms with Crippen LogP contribution in [0.15, 0.2) is 122 Å². The molecule has 0 amide bonds. The summed E-state index contributed by atoms with van der Waals surface area (Å²) in [5.41, 5.74) is 7.92. The van der Waals surface area contributed by atoms with Gasteiger partial charge in [0.15, 0.2) is 0 Å². The Morgan fingerprint density at radius 1 is 0.756 bits per heavy atom. The first kappa shape index (κ1) is 26.9. The second kappa shape index (κ2) is 12.0. The molecule has 1 aliphatic rings. The minimum Gasteiger partial charge on any atom is -0.370 e. The Kier molecular flexibility index (Phi) is 7.88. The van der Waals surface area contributed by atoms with Crippen molar-refractivity contribution in [2.24, 2.45) is 0 Å². The molecule has 0 aliphatic carbocycles. The third-order valence-electron chi connectivity index (χ3n) is 8.51. The van der Waals surface area contributed by atoms with Gasteiger partial charge in [-0.1, -0.05) is 103 Å².